The van der Waals surface area contributed by atoms with Gasteiger partial charge in [-0.25, -0.2) is 9.82 Å². The standard InChI is InChI=1S/C13H15Cl2FN4O/c1-21-6-5-20-13(10(15)7-18-20)12(19-17)8-3-2-4-9(14)11(8)16/h2-4,7,12,19H,5-6,17H2,1H3. The summed E-state index contributed by atoms with van der Waals surface area (Å²) in [6, 6.07) is 4.04. The molecule has 2 aromatic rings. The van der Waals surface area contributed by atoms with Gasteiger partial charge >= 0.3 is 0 Å². The molecule has 0 aliphatic heterocycles. The topological polar surface area (TPSA) is 65.1 Å². The van der Waals surface area contributed by atoms with Gasteiger partial charge in [0.25, 0.3) is 0 Å². The number of nitrogens with zero attached hydrogens (tertiary/aromatic N) is 2. The van der Waals surface area contributed by atoms with Crippen LogP contribution in [0.3, 0.4) is 0 Å². The van der Waals surface area contributed by atoms with Crippen LogP contribution in [-0.2, 0) is 11.3 Å². The number of hydrogen-bond acceptors (Lipinski definition) is 4. The first-order valence-corrected chi connectivity index (χ1v) is 6.96. The third kappa shape index (κ3) is 3.36. The fourth-order valence-corrected chi connectivity index (χ4v) is 2.51. The van der Waals surface area contributed by atoms with E-state index in [1.165, 1.54) is 12.3 Å². The fourth-order valence-electron chi connectivity index (χ4n) is 2.07. The number of nitrogens with one attached hydrogen (secondary N) is 1. The molecule has 0 radical (unpaired) electrons. The third-order valence-corrected chi connectivity index (χ3v) is 3.66. The van der Waals surface area contributed by atoms with E-state index in [1.807, 2.05) is 0 Å². The van der Waals surface area contributed by atoms with Gasteiger partial charge in [-0.3, -0.25) is 10.5 Å². The molecule has 0 amide bonds. The summed E-state index contributed by atoms with van der Waals surface area (Å²) in [5.41, 5.74) is 3.41. The van der Waals surface area contributed by atoms with Gasteiger partial charge in [-0.2, -0.15) is 5.10 Å². The van der Waals surface area contributed by atoms with Gasteiger partial charge in [0.1, 0.15) is 5.82 Å². The number of hydrogen-bond donors (Lipinski definition) is 2. The molecule has 1 aromatic carbocycles. The minimum atomic E-state index is -0.671. The van der Waals surface area contributed by atoms with Crippen LogP contribution in [0.4, 0.5) is 4.39 Å². The van der Waals surface area contributed by atoms with Crippen molar-refractivity contribution in [3.05, 3.63) is 51.5 Å². The van der Waals surface area contributed by atoms with Crippen molar-refractivity contribution >= 4 is 23.2 Å². The highest BCUT2D eigenvalue weighted by molar-refractivity contribution is 6.31. The zero-order valence-corrected chi connectivity index (χ0v) is 12.8. The van der Waals surface area contributed by atoms with E-state index in [1.54, 1.807) is 23.9 Å². The summed E-state index contributed by atoms with van der Waals surface area (Å²) in [7, 11) is 1.58. The zero-order chi connectivity index (χ0) is 15.4. The van der Waals surface area contributed by atoms with Crippen LogP contribution in [0.1, 0.15) is 17.3 Å². The zero-order valence-electron chi connectivity index (χ0n) is 11.3. The Balaban J connectivity index is 2.46. The molecule has 2 rings (SSSR count). The molecule has 1 heterocycles. The summed E-state index contributed by atoms with van der Waals surface area (Å²) in [5, 5.41) is 4.56. The van der Waals surface area contributed by atoms with Crippen LogP contribution in [0.5, 0.6) is 0 Å². The van der Waals surface area contributed by atoms with Crippen molar-refractivity contribution in [2.75, 3.05) is 13.7 Å². The second kappa shape index (κ2) is 7.20. The van der Waals surface area contributed by atoms with Crippen LogP contribution >= 0.6 is 23.2 Å². The monoisotopic (exact) mass is 332 g/mol. The Labute approximate surface area is 131 Å². The predicted molar refractivity (Wildman–Crippen MR) is 79.7 cm³/mol. The molecule has 0 spiro atoms. The van der Waals surface area contributed by atoms with E-state index in [9.17, 15) is 4.39 Å². The molecule has 1 aromatic heterocycles. The van der Waals surface area contributed by atoms with E-state index in [-0.39, 0.29) is 5.02 Å². The molecular formula is C13H15Cl2FN4O. The molecule has 0 bridgehead atoms. The van der Waals surface area contributed by atoms with Gasteiger partial charge in [0, 0.05) is 12.7 Å². The molecule has 0 fully saturated rings. The normalized spacial score (nSPS) is 12.6. The van der Waals surface area contributed by atoms with E-state index >= 15 is 0 Å². The van der Waals surface area contributed by atoms with Gasteiger partial charge in [0.2, 0.25) is 0 Å². The number of rotatable bonds is 6. The maximum Gasteiger partial charge on any atom is 0.147 e. The number of aromatic nitrogens is 2. The second-order valence-electron chi connectivity index (χ2n) is 4.34. The van der Waals surface area contributed by atoms with Gasteiger partial charge in [0.15, 0.2) is 0 Å². The molecule has 3 N–H and O–H groups in total. The van der Waals surface area contributed by atoms with Gasteiger partial charge in [-0.15, -0.1) is 0 Å². The Hall–Kier alpha value is -1.18. The Morgan fingerprint density at radius 3 is 2.86 bits per heavy atom. The lowest BCUT2D eigenvalue weighted by Gasteiger charge is -2.19. The fraction of sp³-hybridized carbons (Fsp3) is 0.308. The van der Waals surface area contributed by atoms with E-state index in [2.05, 4.69) is 10.5 Å². The summed E-state index contributed by atoms with van der Waals surface area (Å²) in [4.78, 5) is 0. The molecule has 21 heavy (non-hydrogen) atoms. The lowest BCUT2D eigenvalue weighted by molar-refractivity contribution is 0.182. The molecule has 0 saturated carbocycles. The van der Waals surface area contributed by atoms with Gasteiger partial charge in [-0.05, 0) is 6.07 Å². The quantitative estimate of drug-likeness (QED) is 0.630. The summed E-state index contributed by atoms with van der Waals surface area (Å²) in [5.74, 6) is 5.05. The van der Waals surface area contributed by atoms with E-state index in [0.717, 1.165) is 0 Å². The van der Waals surface area contributed by atoms with Crippen molar-refractivity contribution in [1.82, 2.24) is 15.2 Å². The molecule has 1 unspecified atom stereocenters. The van der Waals surface area contributed by atoms with Crippen molar-refractivity contribution in [3.8, 4) is 0 Å². The van der Waals surface area contributed by atoms with E-state index < -0.39 is 11.9 Å². The number of nitrogens with two attached hydrogens (primary N) is 1. The molecular weight excluding hydrogens is 318 g/mol. The summed E-state index contributed by atoms with van der Waals surface area (Å²) in [6.45, 7) is 0.916. The molecule has 5 nitrogen and oxygen atoms in total. The average Bonchev–Trinajstić information content (AvgIpc) is 2.83. The molecule has 1 atom stereocenters. The molecule has 114 valence electrons. The summed E-state index contributed by atoms with van der Waals surface area (Å²) < 4.78 is 20.9. The van der Waals surface area contributed by atoms with Crippen molar-refractivity contribution in [1.29, 1.82) is 0 Å². The smallest absolute Gasteiger partial charge is 0.147 e. The summed E-state index contributed by atoms with van der Waals surface area (Å²) >= 11 is 12.0. The minimum absolute atomic E-state index is 0.0202. The first-order valence-electron chi connectivity index (χ1n) is 6.20. The number of ether oxygens (including phenoxy) is 1. The van der Waals surface area contributed by atoms with Crippen LogP contribution in [0, 0.1) is 5.82 Å². The van der Waals surface area contributed by atoms with Crippen LogP contribution in [0.15, 0.2) is 24.4 Å². The van der Waals surface area contributed by atoms with Crippen molar-refractivity contribution in [3.63, 3.8) is 0 Å². The van der Waals surface area contributed by atoms with Crippen LogP contribution in [-0.4, -0.2) is 23.5 Å². The highest BCUT2D eigenvalue weighted by Crippen LogP contribution is 2.31. The average molecular weight is 333 g/mol. The van der Waals surface area contributed by atoms with E-state index in [0.29, 0.717) is 29.4 Å². The second-order valence-corrected chi connectivity index (χ2v) is 5.15. The predicted octanol–water partition coefficient (Wildman–Crippen LogP) is 2.53. The van der Waals surface area contributed by atoms with Gasteiger partial charge in [-0.1, -0.05) is 35.3 Å². The van der Waals surface area contributed by atoms with Gasteiger partial charge < -0.3 is 4.74 Å². The Morgan fingerprint density at radius 2 is 2.19 bits per heavy atom. The SMILES string of the molecule is COCCn1ncc(Cl)c1C(NN)c1cccc(Cl)c1F. The minimum Gasteiger partial charge on any atom is -0.383 e. The molecule has 0 saturated heterocycles. The van der Waals surface area contributed by atoms with Crippen LogP contribution < -0.4 is 11.3 Å². The lowest BCUT2D eigenvalue weighted by atomic mass is 10.0. The van der Waals surface area contributed by atoms with Crippen molar-refractivity contribution in [2.24, 2.45) is 5.84 Å². The molecule has 0 aliphatic rings. The largest absolute Gasteiger partial charge is 0.383 e. The van der Waals surface area contributed by atoms with Crippen LogP contribution in [0.25, 0.3) is 0 Å². The number of hydrazine groups is 1. The summed E-state index contributed by atoms with van der Waals surface area (Å²) in [6.07, 6.45) is 1.49. The van der Waals surface area contributed by atoms with Crippen molar-refractivity contribution in [2.45, 2.75) is 12.6 Å². The van der Waals surface area contributed by atoms with Gasteiger partial charge in [0.05, 0.1) is 41.1 Å². The number of benzene rings is 1. The maximum atomic E-state index is 14.2. The first kappa shape index (κ1) is 16.2. The number of halogens is 3. The Bertz CT molecular complexity index is 620. The lowest BCUT2D eigenvalue weighted by Crippen LogP contribution is -2.32. The Kier molecular flexibility index (Phi) is 5.55. The highest BCUT2D eigenvalue weighted by Gasteiger charge is 2.24. The van der Waals surface area contributed by atoms with Crippen molar-refractivity contribution < 1.29 is 9.13 Å². The number of methoxy groups -OCH3 is 1. The molecule has 8 heteroatoms. The van der Waals surface area contributed by atoms with E-state index in [4.69, 9.17) is 33.8 Å². The highest BCUT2D eigenvalue weighted by atomic mass is 35.5. The molecule has 0 aliphatic carbocycles. The first-order chi connectivity index (χ1) is 10.1. The maximum absolute atomic E-state index is 14.2. The Morgan fingerprint density at radius 1 is 1.43 bits per heavy atom. The third-order valence-electron chi connectivity index (χ3n) is 3.07. The van der Waals surface area contributed by atoms with Crippen LogP contribution in [0.2, 0.25) is 10.0 Å².